The Morgan fingerprint density at radius 2 is 2.15 bits per heavy atom. The molecular weight excluding hydrogens is 339 g/mol. The zero-order chi connectivity index (χ0) is 18.5. The predicted octanol–water partition coefficient (Wildman–Crippen LogP) is 2.98. The summed E-state index contributed by atoms with van der Waals surface area (Å²) in [5.41, 5.74) is -0.667. The van der Waals surface area contributed by atoms with Gasteiger partial charge in [0.05, 0.1) is 12.1 Å². The smallest absolute Gasteiger partial charge is 0.343 e. The molecule has 26 heavy (non-hydrogen) atoms. The second-order valence-corrected chi connectivity index (χ2v) is 6.81. The number of benzene rings is 1. The number of hydrogen-bond acceptors (Lipinski definition) is 5. The van der Waals surface area contributed by atoms with Gasteiger partial charge in [-0.2, -0.15) is 4.99 Å². The summed E-state index contributed by atoms with van der Waals surface area (Å²) in [5.74, 6) is -1.31. The number of esters is 1. The number of isocyanates is 1. The van der Waals surface area contributed by atoms with Crippen LogP contribution in [0.25, 0.3) is 10.9 Å². The van der Waals surface area contributed by atoms with Crippen molar-refractivity contribution in [2.45, 2.75) is 44.2 Å². The first kappa shape index (κ1) is 16.7. The van der Waals surface area contributed by atoms with E-state index < -0.39 is 22.8 Å². The fourth-order valence-corrected chi connectivity index (χ4v) is 3.38. The fourth-order valence-electron chi connectivity index (χ4n) is 3.38. The van der Waals surface area contributed by atoms with Gasteiger partial charge in [0.25, 0.3) is 0 Å². The molecule has 0 aliphatic heterocycles. The number of pyridine rings is 1. The lowest BCUT2D eigenvalue weighted by molar-refractivity contribution is 0.0524. The highest BCUT2D eigenvalue weighted by Gasteiger charge is 2.47. The number of halogens is 1. The van der Waals surface area contributed by atoms with Gasteiger partial charge >= 0.3 is 5.97 Å². The number of fused-ring (bicyclic) bond motifs is 1. The zero-order valence-electron chi connectivity index (χ0n) is 14.3. The van der Waals surface area contributed by atoms with E-state index in [1.165, 1.54) is 12.3 Å². The molecule has 1 heterocycles. The van der Waals surface area contributed by atoms with Crippen molar-refractivity contribution < 1.29 is 18.7 Å². The fraction of sp³-hybridized carbons (Fsp3) is 0.421. The van der Waals surface area contributed by atoms with Gasteiger partial charge in [0, 0.05) is 23.2 Å². The minimum absolute atomic E-state index is 0.0922. The molecule has 2 aromatic rings. The van der Waals surface area contributed by atoms with E-state index in [0.29, 0.717) is 23.9 Å². The van der Waals surface area contributed by atoms with Crippen LogP contribution in [0.5, 0.6) is 0 Å². The number of nitrogens with zero attached hydrogens (tertiary/aromatic N) is 2. The SMILES string of the molecule is CCOC(=O)c1cn(C2CC2)c2cc(C3(N=C=O)CC3)c(F)cc2c1=O. The minimum Gasteiger partial charge on any atom is -0.462 e. The first-order valence-electron chi connectivity index (χ1n) is 8.66. The molecule has 2 aliphatic rings. The van der Waals surface area contributed by atoms with Crippen molar-refractivity contribution >= 4 is 23.0 Å². The lowest BCUT2D eigenvalue weighted by Crippen LogP contribution is -2.21. The van der Waals surface area contributed by atoms with Crippen molar-refractivity contribution in [3.05, 3.63) is 45.5 Å². The Kier molecular flexibility index (Phi) is 3.77. The van der Waals surface area contributed by atoms with Crippen LogP contribution in [0.4, 0.5) is 4.39 Å². The Morgan fingerprint density at radius 3 is 2.73 bits per heavy atom. The summed E-state index contributed by atoms with van der Waals surface area (Å²) in [7, 11) is 0. The quantitative estimate of drug-likeness (QED) is 0.469. The van der Waals surface area contributed by atoms with Gasteiger partial charge < -0.3 is 9.30 Å². The van der Waals surface area contributed by atoms with Gasteiger partial charge in [-0.15, -0.1) is 0 Å². The molecule has 0 bridgehead atoms. The third-order valence-electron chi connectivity index (χ3n) is 5.04. The van der Waals surface area contributed by atoms with Crippen molar-refractivity contribution in [3.8, 4) is 0 Å². The normalized spacial score (nSPS) is 17.6. The van der Waals surface area contributed by atoms with E-state index >= 15 is 0 Å². The Bertz CT molecular complexity index is 1030. The molecule has 134 valence electrons. The molecule has 0 radical (unpaired) electrons. The van der Waals surface area contributed by atoms with E-state index in [0.717, 1.165) is 18.9 Å². The van der Waals surface area contributed by atoms with Crippen LogP contribution in [0.15, 0.2) is 28.1 Å². The minimum atomic E-state index is -0.871. The molecule has 4 rings (SSSR count). The first-order chi connectivity index (χ1) is 12.5. The van der Waals surface area contributed by atoms with E-state index in [1.807, 2.05) is 4.57 Å². The van der Waals surface area contributed by atoms with Gasteiger partial charge in [-0.25, -0.2) is 14.0 Å². The first-order valence-corrected chi connectivity index (χ1v) is 8.66. The van der Waals surface area contributed by atoms with E-state index in [9.17, 15) is 18.8 Å². The predicted molar refractivity (Wildman–Crippen MR) is 91.4 cm³/mol. The number of carbonyl (C=O) groups is 1. The Morgan fingerprint density at radius 1 is 1.42 bits per heavy atom. The van der Waals surface area contributed by atoms with Crippen LogP contribution in [0.2, 0.25) is 0 Å². The van der Waals surface area contributed by atoms with E-state index in [4.69, 9.17) is 4.74 Å². The van der Waals surface area contributed by atoms with Crippen molar-refractivity contribution in [1.29, 1.82) is 0 Å². The van der Waals surface area contributed by atoms with E-state index in [1.54, 1.807) is 13.0 Å². The Labute approximate surface area is 148 Å². The lowest BCUT2D eigenvalue weighted by atomic mass is 10.0. The number of carbonyl (C=O) groups excluding carboxylic acids is 2. The molecule has 0 N–H and O–H groups in total. The van der Waals surface area contributed by atoms with Crippen LogP contribution in [0.1, 0.15) is 54.6 Å². The van der Waals surface area contributed by atoms with Crippen LogP contribution in [-0.4, -0.2) is 23.2 Å². The van der Waals surface area contributed by atoms with Crippen molar-refractivity contribution in [2.75, 3.05) is 6.61 Å². The van der Waals surface area contributed by atoms with Crippen LogP contribution in [0.3, 0.4) is 0 Å². The number of aliphatic imine (C=N–C) groups is 1. The van der Waals surface area contributed by atoms with Crippen LogP contribution in [-0.2, 0) is 15.1 Å². The van der Waals surface area contributed by atoms with Gasteiger partial charge in [0.1, 0.15) is 16.9 Å². The van der Waals surface area contributed by atoms with Gasteiger partial charge in [-0.1, -0.05) is 0 Å². The topological polar surface area (TPSA) is 77.7 Å². The molecule has 1 aromatic carbocycles. The van der Waals surface area contributed by atoms with Crippen LogP contribution >= 0.6 is 0 Å². The molecule has 7 heteroatoms. The number of ether oxygens (including phenoxy) is 1. The monoisotopic (exact) mass is 356 g/mol. The largest absolute Gasteiger partial charge is 0.462 e. The summed E-state index contributed by atoms with van der Waals surface area (Å²) in [6.45, 7) is 1.81. The Balaban J connectivity index is 1.98. The lowest BCUT2D eigenvalue weighted by Gasteiger charge is -2.16. The molecule has 0 saturated heterocycles. The maximum Gasteiger partial charge on any atom is 0.343 e. The molecule has 0 amide bonds. The molecule has 6 nitrogen and oxygen atoms in total. The molecular formula is C19H17FN2O4. The number of aromatic nitrogens is 1. The van der Waals surface area contributed by atoms with Gasteiger partial charge in [-0.3, -0.25) is 4.79 Å². The van der Waals surface area contributed by atoms with Gasteiger partial charge in [-0.05, 0) is 44.7 Å². The van der Waals surface area contributed by atoms with Crippen LogP contribution in [0, 0.1) is 5.82 Å². The molecule has 0 spiro atoms. The standard InChI is InChI=1S/C19H17FN2O4/c1-2-26-18(25)13-9-22(11-3-4-11)16-8-14(19(5-6-19)21-10-23)15(20)7-12(16)17(13)24/h7-9,11H,2-6H2,1H3. The second kappa shape index (κ2) is 5.88. The van der Waals surface area contributed by atoms with E-state index in [2.05, 4.69) is 4.99 Å². The molecule has 2 aliphatic carbocycles. The summed E-state index contributed by atoms with van der Waals surface area (Å²) < 4.78 is 21.5. The maximum atomic E-state index is 14.7. The number of rotatable bonds is 5. The highest BCUT2D eigenvalue weighted by molar-refractivity contribution is 5.94. The van der Waals surface area contributed by atoms with Crippen LogP contribution < -0.4 is 5.43 Å². The Hall–Kier alpha value is -2.79. The summed E-state index contributed by atoms with van der Waals surface area (Å²) >= 11 is 0. The average molecular weight is 356 g/mol. The van der Waals surface area contributed by atoms with Crippen molar-refractivity contribution in [3.63, 3.8) is 0 Å². The van der Waals surface area contributed by atoms with Crippen molar-refractivity contribution in [2.24, 2.45) is 4.99 Å². The molecule has 0 unspecified atom stereocenters. The molecule has 2 saturated carbocycles. The zero-order valence-corrected chi connectivity index (χ0v) is 14.3. The maximum absolute atomic E-state index is 14.7. The summed E-state index contributed by atoms with van der Waals surface area (Å²) in [5, 5.41) is 0.134. The molecule has 1 aromatic heterocycles. The highest BCUT2D eigenvalue weighted by atomic mass is 19.1. The van der Waals surface area contributed by atoms with Crippen molar-refractivity contribution in [1.82, 2.24) is 4.57 Å². The summed E-state index contributed by atoms with van der Waals surface area (Å²) in [4.78, 5) is 39.3. The third kappa shape index (κ3) is 2.56. The highest BCUT2D eigenvalue weighted by Crippen LogP contribution is 2.51. The third-order valence-corrected chi connectivity index (χ3v) is 5.04. The average Bonchev–Trinajstić information content (AvgIpc) is 3.51. The second-order valence-electron chi connectivity index (χ2n) is 6.81. The van der Waals surface area contributed by atoms with E-state index in [-0.39, 0.29) is 23.6 Å². The molecule has 2 fully saturated rings. The summed E-state index contributed by atoms with van der Waals surface area (Å²) in [6, 6.07) is 2.90. The molecule has 0 atom stereocenters. The van der Waals surface area contributed by atoms with Gasteiger partial charge in [0.2, 0.25) is 11.5 Å². The van der Waals surface area contributed by atoms with Gasteiger partial charge in [0.15, 0.2) is 0 Å². The number of hydrogen-bond donors (Lipinski definition) is 0. The summed E-state index contributed by atoms with van der Waals surface area (Å²) in [6.07, 6.45) is 6.01.